The first kappa shape index (κ1) is 12.5. The summed E-state index contributed by atoms with van der Waals surface area (Å²) in [6.45, 7) is 3.75. The van der Waals surface area contributed by atoms with Crippen LogP contribution >= 0.6 is 11.3 Å². The first-order valence-electron chi connectivity index (χ1n) is 5.50. The van der Waals surface area contributed by atoms with E-state index >= 15 is 0 Å². The lowest BCUT2D eigenvalue weighted by Gasteiger charge is -2.07. The fraction of sp³-hybridized carbons (Fsp3) is 0.250. The molecule has 1 heterocycles. The van der Waals surface area contributed by atoms with Crippen molar-refractivity contribution >= 4 is 28.1 Å². The fourth-order valence-electron chi connectivity index (χ4n) is 1.59. The Morgan fingerprint density at radius 3 is 2.61 bits per heavy atom. The monoisotopic (exact) mass is 262 g/mol. The van der Waals surface area contributed by atoms with Crippen molar-refractivity contribution in [2.75, 3.05) is 17.7 Å². The minimum atomic E-state index is -0.161. The molecule has 0 bridgehead atoms. The van der Waals surface area contributed by atoms with E-state index in [1.807, 2.05) is 33.0 Å². The number of nitrogens with zero attached hydrogens (tertiary/aromatic N) is 2. The van der Waals surface area contributed by atoms with Gasteiger partial charge < -0.3 is 5.32 Å². The summed E-state index contributed by atoms with van der Waals surface area (Å²) in [6, 6.07) is 5.60. The molecule has 5 nitrogen and oxygen atoms in total. The molecule has 0 aliphatic carbocycles. The Balaban J connectivity index is 2.18. The Hall–Kier alpha value is -1.95. The van der Waals surface area contributed by atoms with Gasteiger partial charge in [-0.05, 0) is 37.6 Å². The number of aromatic nitrogens is 2. The van der Waals surface area contributed by atoms with Crippen LogP contribution in [-0.4, -0.2) is 23.2 Å². The van der Waals surface area contributed by atoms with Crippen LogP contribution in [0.15, 0.2) is 18.2 Å². The highest BCUT2D eigenvalue weighted by molar-refractivity contribution is 7.15. The summed E-state index contributed by atoms with van der Waals surface area (Å²) < 4.78 is 0. The van der Waals surface area contributed by atoms with Crippen LogP contribution < -0.4 is 10.6 Å². The Bertz CT molecular complexity index is 579. The predicted molar refractivity (Wildman–Crippen MR) is 73.3 cm³/mol. The van der Waals surface area contributed by atoms with Crippen molar-refractivity contribution in [3.63, 3.8) is 0 Å². The van der Waals surface area contributed by atoms with E-state index in [-0.39, 0.29) is 5.91 Å². The van der Waals surface area contributed by atoms with E-state index < -0.39 is 0 Å². The Kier molecular flexibility index (Phi) is 3.57. The van der Waals surface area contributed by atoms with Crippen LogP contribution in [-0.2, 0) is 0 Å². The van der Waals surface area contributed by atoms with Gasteiger partial charge in [-0.3, -0.25) is 10.1 Å². The molecule has 1 aromatic carbocycles. The molecule has 0 radical (unpaired) electrons. The smallest absolute Gasteiger partial charge is 0.257 e. The largest absolute Gasteiger partial charge is 0.388 e. The lowest BCUT2D eigenvalue weighted by Crippen LogP contribution is -2.13. The molecular weight excluding hydrogens is 248 g/mol. The number of anilines is 2. The average molecular weight is 262 g/mol. The summed E-state index contributed by atoms with van der Waals surface area (Å²) in [6.07, 6.45) is 0. The van der Waals surface area contributed by atoms with Crippen molar-refractivity contribution in [2.24, 2.45) is 0 Å². The molecule has 0 saturated carbocycles. The van der Waals surface area contributed by atoms with Gasteiger partial charge in [-0.25, -0.2) is 0 Å². The average Bonchev–Trinajstić information content (AvgIpc) is 2.74. The molecule has 6 heteroatoms. The minimum Gasteiger partial charge on any atom is -0.388 e. The van der Waals surface area contributed by atoms with Gasteiger partial charge in [0.05, 0.1) is 0 Å². The van der Waals surface area contributed by atoms with Crippen LogP contribution in [0.25, 0.3) is 0 Å². The lowest BCUT2D eigenvalue weighted by molar-refractivity contribution is 0.102. The predicted octanol–water partition coefficient (Wildman–Crippen LogP) is 2.45. The molecule has 0 fully saturated rings. The molecule has 0 saturated heterocycles. The molecule has 1 amide bonds. The van der Waals surface area contributed by atoms with E-state index in [4.69, 9.17) is 0 Å². The molecule has 2 rings (SSSR count). The van der Waals surface area contributed by atoms with Gasteiger partial charge in [-0.15, -0.1) is 10.2 Å². The van der Waals surface area contributed by atoms with Crippen LogP contribution in [0.5, 0.6) is 0 Å². The van der Waals surface area contributed by atoms with Crippen LogP contribution in [0.1, 0.15) is 20.9 Å². The van der Waals surface area contributed by atoms with E-state index in [0.29, 0.717) is 10.7 Å². The zero-order chi connectivity index (χ0) is 13.1. The van der Waals surface area contributed by atoms with Gasteiger partial charge in [0.25, 0.3) is 5.91 Å². The van der Waals surface area contributed by atoms with Crippen molar-refractivity contribution < 1.29 is 4.79 Å². The zero-order valence-electron chi connectivity index (χ0n) is 10.4. The summed E-state index contributed by atoms with van der Waals surface area (Å²) >= 11 is 1.36. The third kappa shape index (κ3) is 2.65. The van der Waals surface area contributed by atoms with Crippen LogP contribution in [0.3, 0.4) is 0 Å². The first-order chi connectivity index (χ1) is 8.60. The third-order valence-corrected chi connectivity index (χ3v) is 3.26. The summed E-state index contributed by atoms with van der Waals surface area (Å²) in [5, 5.41) is 14.9. The number of aryl methyl sites for hydroxylation is 2. The van der Waals surface area contributed by atoms with E-state index in [2.05, 4.69) is 20.8 Å². The molecule has 0 unspecified atom stereocenters. The van der Waals surface area contributed by atoms with Gasteiger partial charge >= 0.3 is 0 Å². The van der Waals surface area contributed by atoms with Crippen molar-refractivity contribution in [1.82, 2.24) is 10.2 Å². The third-order valence-electron chi connectivity index (χ3n) is 2.51. The summed E-state index contributed by atoms with van der Waals surface area (Å²) in [4.78, 5) is 12.1. The summed E-state index contributed by atoms with van der Waals surface area (Å²) in [5.74, 6) is -0.161. The molecule has 0 aliphatic heterocycles. The number of rotatable bonds is 3. The number of nitrogens with one attached hydrogen (secondary N) is 2. The van der Waals surface area contributed by atoms with E-state index in [0.717, 1.165) is 16.3 Å². The topological polar surface area (TPSA) is 66.9 Å². The quantitative estimate of drug-likeness (QED) is 0.891. The Labute approximate surface area is 109 Å². The van der Waals surface area contributed by atoms with Gasteiger partial charge in [-0.2, -0.15) is 0 Å². The van der Waals surface area contributed by atoms with Crippen molar-refractivity contribution in [3.05, 3.63) is 34.3 Å². The molecular formula is C12H14N4OS. The fourth-order valence-corrected chi connectivity index (χ4v) is 2.17. The van der Waals surface area contributed by atoms with Gasteiger partial charge in [-0.1, -0.05) is 11.3 Å². The van der Waals surface area contributed by atoms with E-state index in [1.165, 1.54) is 11.3 Å². The number of carbonyl (C=O) groups excluding carboxylic acids is 1. The molecule has 0 aliphatic rings. The highest BCUT2D eigenvalue weighted by Crippen LogP contribution is 2.18. The number of carbonyl (C=O) groups is 1. The second kappa shape index (κ2) is 5.14. The van der Waals surface area contributed by atoms with Gasteiger partial charge in [0, 0.05) is 18.3 Å². The number of amides is 1. The molecule has 18 heavy (non-hydrogen) atoms. The van der Waals surface area contributed by atoms with E-state index in [1.54, 1.807) is 6.07 Å². The van der Waals surface area contributed by atoms with Gasteiger partial charge in [0.1, 0.15) is 5.01 Å². The maximum Gasteiger partial charge on any atom is 0.257 e. The molecule has 0 spiro atoms. The number of benzene rings is 1. The highest BCUT2D eigenvalue weighted by atomic mass is 32.1. The highest BCUT2D eigenvalue weighted by Gasteiger charge is 2.11. The standard InChI is InChI=1S/C12H14N4OS/c1-7-6-9(13-3)4-5-10(7)11(17)14-12-16-15-8(2)18-12/h4-6,13H,1-3H3,(H,14,16,17). The summed E-state index contributed by atoms with van der Waals surface area (Å²) in [7, 11) is 1.85. The second-order valence-electron chi connectivity index (χ2n) is 3.86. The second-order valence-corrected chi connectivity index (χ2v) is 5.04. The van der Waals surface area contributed by atoms with Crippen LogP contribution in [0.4, 0.5) is 10.8 Å². The SMILES string of the molecule is CNc1ccc(C(=O)Nc2nnc(C)s2)c(C)c1. The van der Waals surface area contributed by atoms with Crippen LogP contribution in [0, 0.1) is 13.8 Å². The maximum absolute atomic E-state index is 12.1. The normalized spacial score (nSPS) is 10.2. The molecule has 0 atom stereocenters. The van der Waals surface area contributed by atoms with Gasteiger partial charge in [0.15, 0.2) is 0 Å². The van der Waals surface area contributed by atoms with Crippen molar-refractivity contribution in [2.45, 2.75) is 13.8 Å². The Morgan fingerprint density at radius 1 is 1.28 bits per heavy atom. The Morgan fingerprint density at radius 2 is 2.06 bits per heavy atom. The molecule has 2 aromatic rings. The van der Waals surface area contributed by atoms with Crippen molar-refractivity contribution in [1.29, 1.82) is 0 Å². The lowest BCUT2D eigenvalue weighted by atomic mass is 10.1. The van der Waals surface area contributed by atoms with Crippen LogP contribution in [0.2, 0.25) is 0 Å². The minimum absolute atomic E-state index is 0.161. The first-order valence-corrected chi connectivity index (χ1v) is 6.31. The molecule has 2 N–H and O–H groups in total. The maximum atomic E-state index is 12.1. The van der Waals surface area contributed by atoms with Crippen molar-refractivity contribution in [3.8, 4) is 0 Å². The summed E-state index contributed by atoms with van der Waals surface area (Å²) in [5.41, 5.74) is 2.54. The molecule has 1 aromatic heterocycles. The van der Waals surface area contributed by atoms with E-state index in [9.17, 15) is 4.79 Å². The van der Waals surface area contributed by atoms with Gasteiger partial charge in [0.2, 0.25) is 5.13 Å². The number of hydrogen-bond acceptors (Lipinski definition) is 5. The zero-order valence-corrected chi connectivity index (χ0v) is 11.3. The number of hydrogen-bond donors (Lipinski definition) is 2. The molecule has 94 valence electrons.